The number of hydrogen-bond donors (Lipinski definition) is 2. The fraction of sp³-hybridized carbons (Fsp3) is 0.500. The van der Waals surface area contributed by atoms with Crippen LogP contribution in [0, 0.1) is 17.7 Å². The fourth-order valence-electron chi connectivity index (χ4n) is 2.50. The summed E-state index contributed by atoms with van der Waals surface area (Å²) >= 11 is 0. The van der Waals surface area contributed by atoms with E-state index in [4.69, 9.17) is 10.8 Å². The molecule has 2 atom stereocenters. The van der Waals surface area contributed by atoms with Crippen LogP contribution in [-0.4, -0.2) is 24.2 Å². The Morgan fingerprint density at radius 2 is 2.11 bits per heavy atom. The van der Waals surface area contributed by atoms with Crippen LogP contribution in [0.2, 0.25) is 0 Å². The van der Waals surface area contributed by atoms with Crippen LogP contribution in [0.15, 0.2) is 12.1 Å². The summed E-state index contributed by atoms with van der Waals surface area (Å²) in [4.78, 5) is 12.9. The van der Waals surface area contributed by atoms with E-state index in [1.807, 2.05) is 4.90 Å². The predicted octanol–water partition coefficient (Wildman–Crippen LogP) is 2.59. The van der Waals surface area contributed by atoms with E-state index in [1.54, 1.807) is 0 Å². The van der Waals surface area contributed by atoms with Gasteiger partial charge >= 0.3 is 5.97 Å². The number of rotatable bonds is 2. The number of hydrogen-bond acceptors (Lipinski definition) is 3. The summed E-state index contributed by atoms with van der Waals surface area (Å²) < 4.78 is 13.7. The van der Waals surface area contributed by atoms with Crippen molar-refractivity contribution in [3.8, 4) is 0 Å². The molecule has 19 heavy (non-hydrogen) atoms. The SMILES string of the molecule is CC1CCN(c2cc(F)c(C(=O)O)cc2N)CC1C. The van der Waals surface area contributed by atoms with Gasteiger partial charge in [-0.15, -0.1) is 0 Å². The number of piperidine rings is 1. The zero-order valence-electron chi connectivity index (χ0n) is 11.2. The Hall–Kier alpha value is -1.78. The summed E-state index contributed by atoms with van der Waals surface area (Å²) in [5, 5.41) is 8.86. The highest BCUT2D eigenvalue weighted by Gasteiger charge is 2.25. The monoisotopic (exact) mass is 266 g/mol. The molecule has 1 aromatic rings. The maximum absolute atomic E-state index is 13.7. The molecule has 0 spiro atoms. The standard InChI is InChI=1S/C14H19FN2O2/c1-8-3-4-17(7-9(8)2)13-6-11(15)10(14(18)19)5-12(13)16/h5-6,8-9H,3-4,7,16H2,1-2H3,(H,18,19). The number of benzene rings is 1. The molecule has 1 aliphatic heterocycles. The van der Waals surface area contributed by atoms with Crippen LogP contribution >= 0.6 is 0 Å². The predicted molar refractivity (Wildman–Crippen MR) is 72.9 cm³/mol. The molecule has 4 nitrogen and oxygen atoms in total. The molecule has 1 aliphatic rings. The average Bonchev–Trinajstić information content (AvgIpc) is 2.35. The van der Waals surface area contributed by atoms with Crippen molar-refractivity contribution in [2.24, 2.45) is 11.8 Å². The molecular formula is C14H19FN2O2. The van der Waals surface area contributed by atoms with E-state index < -0.39 is 11.8 Å². The van der Waals surface area contributed by atoms with Gasteiger partial charge in [-0.3, -0.25) is 0 Å². The summed E-state index contributed by atoms with van der Waals surface area (Å²) in [6, 6.07) is 2.44. The van der Waals surface area contributed by atoms with Gasteiger partial charge in [0.1, 0.15) is 5.82 Å². The van der Waals surface area contributed by atoms with Crippen molar-refractivity contribution in [1.82, 2.24) is 0 Å². The molecule has 0 saturated carbocycles. The molecule has 1 heterocycles. The van der Waals surface area contributed by atoms with Crippen molar-refractivity contribution in [2.45, 2.75) is 20.3 Å². The van der Waals surface area contributed by atoms with E-state index in [0.29, 0.717) is 23.2 Å². The topological polar surface area (TPSA) is 66.6 Å². The Morgan fingerprint density at radius 1 is 1.42 bits per heavy atom. The van der Waals surface area contributed by atoms with E-state index >= 15 is 0 Å². The Morgan fingerprint density at radius 3 is 2.68 bits per heavy atom. The van der Waals surface area contributed by atoms with Crippen LogP contribution < -0.4 is 10.6 Å². The van der Waals surface area contributed by atoms with Gasteiger partial charge in [0.15, 0.2) is 0 Å². The average molecular weight is 266 g/mol. The van der Waals surface area contributed by atoms with Crippen molar-refractivity contribution in [3.05, 3.63) is 23.5 Å². The van der Waals surface area contributed by atoms with Crippen molar-refractivity contribution < 1.29 is 14.3 Å². The molecule has 1 saturated heterocycles. The molecule has 5 heteroatoms. The van der Waals surface area contributed by atoms with Crippen molar-refractivity contribution in [3.63, 3.8) is 0 Å². The number of nitrogens with two attached hydrogens (primary N) is 1. The maximum atomic E-state index is 13.7. The zero-order valence-corrected chi connectivity index (χ0v) is 11.2. The van der Waals surface area contributed by atoms with E-state index in [2.05, 4.69) is 13.8 Å². The van der Waals surface area contributed by atoms with Gasteiger partial charge in [0.05, 0.1) is 16.9 Å². The Kier molecular flexibility index (Phi) is 3.64. The molecule has 1 aromatic carbocycles. The first-order chi connectivity index (χ1) is 8.90. The molecule has 0 radical (unpaired) electrons. The largest absolute Gasteiger partial charge is 0.478 e. The summed E-state index contributed by atoms with van der Waals surface area (Å²) in [7, 11) is 0. The third kappa shape index (κ3) is 2.64. The van der Waals surface area contributed by atoms with E-state index in [1.165, 1.54) is 12.1 Å². The quantitative estimate of drug-likeness (QED) is 0.807. The number of anilines is 2. The lowest BCUT2D eigenvalue weighted by Crippen LogP contribution is -2.38. The van der Waals surface area contributed by atoms with E-state index in [0.717, 1.165) is 19.5 Å². The second kappa shape index (κ2) is 5.07. The number of nitrogens with zero attached hydrogens (tertiary/aromatic N) is 1. The first-order valence-electron chi connectivity index (χ1n) is 6.47. The number of carboxylic acid groups (broad SMARTS) is 1. The lowest BCUT2D eigenvalue weighted by Gasteiger charge is -2.37. The highest BCUT2D eigenvalue weighted by atomic mass is 19.1. The molecule has 3 N–H and O–H groups in total. The molecule has 0 amide bonds. The summed E-state index contributed by atoms with van der Waals surface area (Å²) in [5.41, 5.74) is 6.41. The highest BCUT2D eigenvalue weighted by molar-refractivity contribution is 5.91. The third-order valence-corrected chi connectivity index (χ3v) is 4.02. The maximum Gasteiger partial charge on any atom is 0.338 e. The molecule has 2 rings (SSSR count). The van der Waals surface area contributed by atoms with Crippen molar-refractivity contribution in [2.75, 3.05) is 23.7 Å². The number of carbonyl (C=O) groups is 1. The van der Waals surface area contributed by atoms with Gasteiger partial charge in [0.2, 0.25) is 0 Å². The van der Waals surface area contributed by atoms with Gasteiger partial charge in [-0.2, -0.15) is 0 Å². The molecule has 0 aromatic heterocycles. The molecular weight excluding hydrogens is 247 g/mol. The van der Waals surface area contributed by atoms with Gasteiger partial charge < -0.3 is 15.7 Å². The molecule has 0 bridgehead atoms. The number of halogens is 1. The van der Waals surface area contributed by atoms with Crippen molar-refractivity contribution in [1.29, 1.82) is 0 Å². The van der Waals surface area contributed by atoms with Crippen LogP contribution in [0.3, 0.4) is 0 Å². The minimum atomic E-state index is -1.30. The van der Waals surface area contributed by atoms with Crippen molar-refractivity contribution >= 4 is 17.3 Å². The van der Waals surface area contributed by atoms with Crippen LogP contribution in [0.5, 0.6) is 0 Å². The van der Waals surface area contributed by atoms with Gasteiger partial charge in [-0.1, -0.05) is 13.8 Å². The highest BCUT2D eigenvalue weighted by Crippen LogP contribution is 2.32. The second-order valence-corrected chi connectivity index (χ2v) is 5.39. The molecule has 2 unspecified atom stereocenters. The van der Waals surface area contributed by atoms with Gasteiger partial charge in [-0.25, -0.2) is 9.18 Å². The first kappa shape index (κ1) is 13.6. The van der Waals surface area contributed by atoms with Gasteiger partial charge in [0.25, 0.3) is 0 Å². The van der Waals surface area contributed by atoms with Crippen LogP contribution in [0.1, 0.15) is 30.6 Å². The first-order valence-corrected chi connectivity index (χ1v) is 6.47. The lowest BCUT2D eigenvalue weighted by molar-refractivity contribution is 0.0692. The second-order valence-electron chi connectivity index (χ2n) is 5.39. The Balaban J connectivity index is 2.31. The Labute approximate surface area is 112 Å². The minimum absolute atomic E-state index is 0.320. The lowest BCUT2D eigenvalue weighted by atomic mass is 9.88. The number of aromatic carboxylic acids is 1. The van der Waals surface area contributed by atoms with Crippen LogP contribution in [-0.2, 0) is 0 Å². The number of carboxylic acids is 1. The summed E-state index contributed by atoms with van der Waals surface area (Å²) in [6.07, 6.45) is 1.03. The van der Waals surface area contributed by atoms with E-state index in [-0.39, 0.29) is 5.56 Å². The van der Waals surface area contributed by atoms with E-state index in [9.17, 15) is 9.18 Å². The van der Waals surface area contributed by atoms with Crippen LogP contribution in [0.25, 0.3) is 0 Å². The third-order valence-electron chi connectivity index (χ3n) is 4.02. The molecule has 0 aliphatic carbocycles. The summed E-state index contributed by atoms with van der Waals surface area (Å²) in [6.45, 7) is 6.01. The zero-order chi connectivity index (χ0) is 14.2. The normalized spacial score (nSPS) is 23.4. The Bertz CT molecular complexity index is 504. The minimum Gasteiger partial charge on any atom is -0.478 e. The number of nitrogen functional groups attached to an aromatic ring is 1. The van der Waals surface area contributed by atoms with Crippen LogP contribution in [0.4, 0.5) is 15.8 Å². The fourth-order valence-corrected chi connectivity index (χ4v) is 2.50. The smallest absolute Gasteiger partial charge is 0.338 e. The summed E-state index contributed by atoms with van der Waals surface area (Å²) in [5.74, 6) is -0.879. The van der Waals surface area contributed by atoms with Gasteiger partial charge in [-0.05, 0) is 24.3 Å². The molecule has 1 fully saturated rings. The molecule has 104 valence electrons. The van der Waals surface area contributed by atoms with Gasteiger partial charge in [0, 0.05) is 19.2 Å².